The summed E-state index contributed by atoms with van der Waals surface area (Å²) >= 11 is 1.47. The molecule has 4 rings (SSSR count). The Morgan fingerprint density at radius 1 is 1.20 bits per heavy atom. The highest BCUT2D eigenvalue weighted by Gasteiger charge is 2.30. The lowest BCUT2D eigenvalue weighted by atomic mass is 9.97. The van der Waals surface area contributed by atoms with Crippen molar-refractivity contribution < 1.29 is 18.7 Å². The van der Waals surface area contributed by atoms with Crippen LogP contribution in [0.4, 0.5) is 0 Å². The number of fused-ring (bicyclic) bond motifs is 1. The van der Waals surface area contributed by atoms with Gasteiger partial charge in [0.15, 0.2) is 5.58 Å². The molecule has 7 heteroatoms. The lowest BCUT2D eigenvalue weighted by Crippen LogP contribution is -2.43. The number of hydrogen-bond donors (Lipinski definition) is 0. The van der Waals surface area contributed by atoms with Crippen LogP contribution in [-0.2, 0) is 15.3 Å². The van der Waals surface area contributed by atoms with Crippen molar-refractivity contribution in [3.8, 4) is 0 Å². The maximum absolute atomic E-state index is 13.2. The van der Waals surface area contributed by atoms with Gasteiger partial charge in [-0.1, -0.05) is 42.1 Å². The third kappa shape index (κ3) is 4.51. The fraction of sp³-hybridized carbons (Fsp3) is 0.348. The molecule has 1 atom stereocenters. The van der Waals surface area contributed by atoms with E-state index in [0.717, 1.165) is 29.5 Å². The van der Waals surface area contributed by atoms with E-state index in [0.29, 0.717) is 36.2 Å². The Bertz CT molecular complexity index is 1020. The van der Waals surface area contributed by atoms with Gasteiger partial charge < -0.3 is 14.1 Å². The molecule has 30 heavy (non-hydrogen) atoms. The average Bonchev–Trinajstić information content (AvgIpc) is 3.21. The molecule has 1 aliphatic heterocycles. The molecular formula is C23H24N2O4S. The van der Waals surface area contributed by atoms with Gasteiger partial charge >= 0.3 is 5.97 Å². The van der Waals surface area contributed by atoms with Crippen molar-refractivity contribution in [3.05, 3.63) is 59.7 Å². The van der Waals surface area contributed by atoms with E-state index in [1.807, 2.05) is 48.5 Å². The highest BCUT2D eigenvalue weighted by molar-refractivity contribution is 7.98. The number of hydrogen-bond acceptors (Lipinski definition) is 6. The highest BCUT2D eigenvalue weighted by atomic mass is 32.2. The smallest absolute Gasteiger partial charge is 0.310 e. The van der Waals surface area contributed by atoms with Gasteiger partial charge in [0.2, 0.25) is 0 Å². The number of amides is 1. The monoisotopic (exact) mass is 424 g/mol. The van der Waals surface area contributed by atoms with Crippen LogP contribution in [0.2, 0.25) is 0 Å². The second-order valence-corrected chi connectivity index (χ2v) is 8.16. The molecule has 0 N–H and O–H groups in total. The van der Waals surface area contributed by atoms with Crippen molar-refractivity contribution in [2.75, 3.05) is 19.7 Å². The minimum absolute atomic E-state index is 0.0437. The van der Waals surface area contributed by atoms with Crippen LogP contribution < -0.4 is 0 Å². The van der Waals surface area contributed by atoms with E-state index in [9.17, 15) is 9.59 Å². The Labute approximate surface area is 179 Å². The summed E-state index contributed by atoms with van der Waals surface area (Å²) in [5, 5.41) is 0.582. The zero-order valence-corrected chi connectivity index (χ0v) is 17.7. The summed E-state index contributed by atoms with van der Waals surface area (Å²) in [6.07, 6.45) is 1.56. The fourth-order valence-electron chi connectivity index (χ4n) is 3.69. The zero-order chi connectivity index (χ0) is 20.9. The van der Waals surface area contributed by atoms with Gasteiger partial charge in [0.05, 0.1) is 12.5 Å². The fourth-order valence-corrected chi connectivity index (χ4v) is 4.53. The molecule has 0 spiro atoms. The van der Waals surface area contributed by atoms with Crippen LogP contribution in [0.1, 0.15) is 35.7 Å². The van der Waals surface area contributed by atoms with Crippen LogP contribution in [0.5, 0.6) is 0 Å². The van der Waals surface area contributed by atoms with E-state index in [4.69, 9.17) is 9.15 Å². The maximum atomic E-state index is 13.2. The second kappa shape index (κ2) is 9.34. The molecule has 2 heterocycles. The number of oxazole rings is 1. The Hall–Kier alpha value is -2.80. The molecule has 0 aliphatic carbocycles. The Balaban J connectivity index is 1.46. The van der Waals surface area contributed by atoms with Gasteiger partial charge in [-0.05, 0) is 43.5 Å². The van der Waals surface area contributed by atoms with Crippen LogP contribution in [-0.4, -0.2) is 41.5 Å². The number of carbonyl (C=O) groups is 2. The third-order valence-corrected chi connectivity index (χ3v) is 6.08. The molecule has 2 aromatic carbocycles. The first-order chi connectivity index (χ1) is 14.7. The quantitative estimate of drug-likeness (QED) is 0.427. The molecule has 156 valence electrons. The minimum atomic E-state index is -0.246. The Morgan fingerprint density at radius 2 is 2.00 bits per heavy atom. The van der Waals surface area contributed by atoms with E-state index in [-0.39, 0.29) is 17.8 Å². The van der Waals surface area contributed by atoms with Crippen molar-refractivity contribution in [2.45, 2.75) is 30.7 Å². The van der Waals surface area contributed by atoms with Crippen LogP contribution >= 0.6 is 11.8 Å². The summed E-state index contributed by atoms with van der Waals surface area (Å²) in [5.41, 5.74) is 3.16. The van der Waals surface area contributed by atoms with E-state index < -0.39 is 0 Å². The highest BCUT2D eigenvalue weighted by Crippen LogP contribution is 2.28. The van der Waals surface area contributed by atoms with Crippen LogP contribution in [0, 0.1) is 5.92 Å². The Kier molecular flexibility index (Phi) is 6.38. The number of carbonyl (C=O) groups excluding carboxylic acids is 2. The number of aromatic nitrogens is 1. The first kappa shape index (κ1) is 20.5. The molecular weight excluding hydrogens is 400 g/mol. The summed E-state index contributed by atoms with van der Waals surface area (Å²) in [6.45, 7) is 3.22. The van der Waals surface area contributed by atoms with Gasteiger partial charge in [0.1, 0.15) is 5.52 Å². The molecule has 1 amide bonds. The third-order valence-electron chi connectivity index (χ3n) is 5.20. The second-order valence-electron chi connectivity index (χ2n) is 7.24. The Morgan fingerprint density at radius 3 is 2.83 bits per heavy atom. The van der Waals surface area contributed by atoms with Crippen molar-refractivity contribution in [1.29, 1.82) is 0 Å². The van der Waals surface area contributed by atoms with E-state index in [1.165, 1.54) is 11.8 Å². The maximum Gasteiger partial charge on any atom is 0.310 e. The standard InChI is InChI=1S/C23H24N2O4S/c1-2-28-22(27)16-9-7-13-25(14-16)21(26)18-10-4-3-8-17(18)15-30-23-24-19-11-5-6-12-20(19)29-23/h3-6,8,10-12,16H,2,7,9,13-15H2,1H3. The first-order valence-corrected chi connectivity index (χ1v) is 11.2. The average molecular weight is 425 g/mol. The normalized spacial score (nSPS) is 16.6. The van der Waals surface area contributed by atoms with E-state index in [2.05, 4.69) is 4.98 Å². The molecule has 1 aliphatic rings. The van der Waals surface area contributed by atoms with Crippen LogP contribution in [0.15, 0.2) is 58.2 Å². The minimum Gasteiger partial charge on any atom is -0.466 e. The largest absolute Gasteiger partial charge is 0.466 e. The lowest BCUT2D eigenvalue weighted by molar-refractivity contribution is -0.149. The summed E-state index contributed by atoms with van der Waals surface area (Å²) in [4.78, 5) is 31.6. The molecule has 0 bridgehead atoms. The SMILES string of the molecule is CCOC(=O)C1CCCN(C(=O)c2ccccc2CSc2nc3ccccc3o2)C1. The summed E-state index contributed by atoms with van der Waals surface area (Å²) in [6, 6.07) is 15.2. The number of rotatable bonds is 6. The number of nitrogens with zero attached hydrogens (tertiary/aromatic N) is 2. The van der Waals surface area contributed by atoms with Gasteiger partial charge in [-0.25, -0.2) is 4.98 Å². The number of benzene rings is 2. The van der Waals surface area contributed by atoms with Gasteiger partial charge in [0.25, 0.3) is 11.1 Å². The summed E-state index contributed by atoms with van der Waals surface area (Å²) in [5.74, 6) is 0.0701. The van der Waals surface area contributed by atoms with E-state index in [1.54, 1.807) is 11.8 Å². The number of likely N-dealkylation sites (tertiary alicyclic amines) is 1. The van der Waals surface area contributed by atoms with Crippen molar-refractivity contribution in [1.82, 2.24) is 9.88 Å². The molecule has 6 nitrogen and oxygen atoms in total. The van der Waals surface area contributed by atoms with Crippen molar-refractivity contribution in [3.63, 3.8) is 0 Å². The molecule has 1 unspecified atom stereocenters. The molecule has 3 aromatic rings. The molecule has 1 aromatic heterocycles. The van der Waals surface area contributed by atoms with E-state index >= 15 is 0 Å². The number of para-hydroxylation sites is 2. The number of ether oxygens (including phenoxy) is 1. The first-order valence-electron chi connectivity index (χ1n) is 10.2. The van der Waals surface area contributed by atoms with Gasteiger partial charge in [-0.15, -0.1) is 0 Å². The number of thioether (sulfide) groups is 1. The summed E-state index contributed by atoms with van der Waals surface area (Å²) in [7, 11) is 0. The topological polar surface area (TPSA) is 72.6 Å². The van der Waals surface area contributed by atoms with Crippen LogP contribution in [0.25, 0.3) is 11.1 Å². The summed E-state index contributed by atoms with van der Waals surface area (Å²) < 4.78 is 10.9. The molecule has 1 fully saturated rings. The number of piperidine rings is 1. The lowest BCUT2D eigenvalue weighted by Gasteiger charge is -2.32. The zero-order valence-electron chi connectivity index (χ0n) is 16.9. The van der Waals surface area contributed by atoms with Crippen molar-refractivity contribution >= 4 is 34.7 Å². The van der Waals surface area contributed by atoms with Gasteiger partial charge in [0, 0.05) is 24.4 Å². The van der Waals surface area contributed by atoms with Crippen molar-refractivity contribution in [2.24, 2.45) is 5.92 Å². The molecule has 0 saturated carbocycles. The predicted octanol–water partition coefficient (Wildman–Crippen LogP) is 4.54. The van der Waals surface area contributed by atoms with Gasteiger partial charge in [-0.3, -0.25) is 9.59 Å². The molecule has 1 saturated heterocycles. The predicted molar refractivity (Wildman–Crippen MR) is 115 cm³/mol. The number of esters is 1. The molecule has 0 radical (unpaired) electrons. The van der Waals surface area contributed by atoms with Crippen LogP contribution in [0.3, 0.4) is 0 Å². The van der Waals surface area contributed by atoms with Gasteiger partial charge in [-0.2, -0.15) is 0 Å².